The third kappa shape index (κ3) is 5.37. The van der Waals surface area contributed by atoms with Gasteiger partial charge in [0.15, 0.2) is 0 Å². The summed E-state index contributed by atoms with van der Waals surface area (Å²) in [5.74, 6) is 0. The molecule has 82 valence electrons. The van der Waals surface area contributed by atoms with Gasteiger partial charge in [0.1, 0.15) is 5.60 Å². The first-order valence-corrected chi connectivity index (χ1v) is 4.77. The molecule has 0 saturated carbocycles. The van der Waals surface area contributed by atoms with Crippen molar-refractivity contribution in [3.63, 3.8) is 0 Å². The maximum Gasteiger partial charge on any atom is 0.102 e. The second-order valence-corrected chi connectivity index (χ2v) is 3.34. The molecule has 0 spiro atoms. The summed E-state index contributed by atoms with van der Waals surface area (Å²) in [5.41, 5.74) is 0.226. The molecular weight excluding hydrogens is 313 g/mol. The maximum atomic E-state index is 10.1. The van der Waals surface area contributed by atoms with Gasteiger partial charge < -0.3 is 5.11 Å². The topological polar surface area (TPSA) is 32.6 Å². The summed E-state index contributed by atoms with van der Waals surface area (Å²) < 4.78 is 0. The normalized spacial score (nSPS) is 12.5. The van der Waals surface area contributed by atoms with E-state index in [0.29, 0.717) is 0 Å². The average Bonchev–Trinajstić information content (AvgIpc) is 2.04. The third-order valence-electron chi connectivity index (χ3n) is 2.34. The molecule has 0 atom stereocenters. The number of aliphatic imine (C=N–C) groups is 1. The van der Waals surface area contributed by atoms with Crippen LogP contribution in [-0.2, 0) is 0 Å². The summed E-state index contributed by atoms with van der Waals surface area (Å²) in [6.07, 6.45) is 3.65. The third-order valence-corrected chi connectivity index (χ3v) is 2.34. The Morgan fingerprint density at radius 1 is 1.23 bits per heavy atom. The summed E-state index contributed by atoms with van der Waals surface area (Å²) in [6, 6.07) is 0. The molecule has 0 aromatic heterocycles. The molecule has 0 aromatic carbocycles. The minimum Gasteiger partial charge on any atom is -0.384 e. The van der Waals surface area contributed by atoms with Crippen molar-refractivity contribution in [1.29, 1.82) is 0 Å². The fourth-order valence-electron chi connectivity index (χ4n) is 1.52. The molecule has 3 heteroatoms. The van der Waals surface area contributed by atoms with Crippen LogP contribution >= 0.6 is 0 Å². The standard InChI is InChI=1S/C10H21NO.Dy/c1-5-7-10(12,8-6-2)9(3)11-4;/h12H,5-8H2,1-4H3;. The second kappa shape index (κ2) is 8.23. The summed E-state index contributed by atoms with van der Waals surface area (Å²) >= 11 is 0. The smallest absolute Gasteiger partial charge is 0.102 e. The van der Waals surface area contributed by atoms with E-state index in [1.165, 1.54) is 0 Å². The van der Waals surface area contributed by atoms with Crippen LogP contribution in [0.5, 0.6) is 0 Å². The zero-order valence-electron chi connectivity index (χ0n) is 9.04. The SMILES string of the molecule is CCCC(O)(CCC)C(C)=NC.[Dy]. The molecule has 0 amide bonds. The monoisotopic (exact) mass is 335 g/mol. The Morgan fingerprint density at radius 3 is 1.85 bits per heavy atom. The number of rotatable bonds is 5. The fourth-order valence-corrected chi connectivity index (χ4v) is 1.52. The molecule has 0 bridgehead atoms. The van der Waals surface area contributed by atoms with Crippen LogP contribution in [0.4, 0.5) is 0 Å². The van der Waals surface area contributed by atoms with Crippen molar-refractivity contribution < 1.29 is 43.3 Å². The van der Waals surface area contributed by atoms with Gasteiger partial charge >= 0.3 is 0 Å². The van der Waals surface area contributed by atoms with Crippen LogP contribution in [0.25, 0.3) is 0 Å². The van der Waals surface area contributed by atoms with E-state index >= 15 is 0 Å². The van der Waals surface area contributed by atoms with Crippen molar-refractivity contribution >= 4 is 5.71 Å². The molecule has 0 aliphatic heterocycles. The van der Waals surface area contributed by atoms with Crippen LogP contribution in [0.2, 0.25) is 0 Å². The van der Waals surface area contributed by atoms with Crippen molar-refractivity contribution in [3.05, 3.63) is 0 Å². The fraction of sp³-hybridized carbons (Fsp3) is 0.900. The van der Waals surface area contributed by atoms with E-state index < -0.39 is 5.60 Å². The Kier molecular flexibility index (Phi) is 10.3. The van der Waals surface area contributed by atoms with E-state index in [1.54, 1.807) is 7.05 Å². The first kappa shape index (κ1) is 16.3. The summed E-state index contributed by atoms with van der Waals surface area (Å²) in [7, 11) is 1.74. The van der Waals surface area contributed by atoms with Crippen molar-refractivity contribution in [2.24, 2.45) is 4.99 Å². The summed E-state index contributed by atoms with van der Waals surface area (Å²) in [4.78, 5) is 4.06. The van der Waals surface area contributed by atoms with Gasteiger partial charge in [-0.15, -0.1) is 0 Å². The molecular formula is C10H21DyNO. The van der Waals surface area contributed by atoms with Gasteiger partial charge in [-0.3, -0.25) is 4.99 Å². The van der Waals surface area contributed by atoms with Gasteiger partial charge in [-0.2, -0.15) is 0 Å². The zero-order chi connectivity index (χ0) is 9.61. The molecule has 0 radical (unpaired) electrons. The van der Waals surface area contributed by atoms with Gasteiger partial charge in [0.2, 0.25) is 0 Å². The number of nitrogens with zero attached hydrogens (tertiary/aromatic N) is 1. The van der Waals surface area contributed by atoms with E-state index in [1.807, 2.05) is 6.92 Å². The first-order valence-electron chi connectivity index (χ1n) is 4.77. The average molecular weight is 334 g/mol. The summed E-state index contributed by atoms with van der Waals surface area (Å²) in [5, 5.41) is 10.1. The number of aliphatic hydroxyl groups is 1. The van der Waals surface area contributed by atoms with Crippen LogP contribution in [0, 0.1) is 38.2 Å². The Labute approximate surface area is 112 Å². The maximum absolute atomic E-state index is 10.1. The van der Waals surface area contributed by atoms with Gasteiger partial charge in [-0.05, 0) is 19.8 Å². The molecule has 0 heterocycles. The molecule has 2 nitrogen and oxygen atoms in total. The van der Waals surface area contributed by atoms with E-state index in [-0.39, 0.29) is 38.2 Å². The van der Waals surface area contributed by atoms with E-state index in [4.69, 9.17) is 0 Å². The van der Waals surface area contributed by atoms with Gasteiger partial charge in [-0.25, -0.2) is 0 Å². The van der Waals surface area contributed by atoms with Crippen molar-refractivity contribution in [3.8, 4) is 0 Å². The van der Waals surface area contributed by atoms with Gasteiger partial charge in [0, 0.05) is 50.9 Å². The van der Waals surface area contributed by atoms with Crippen molar-refractivity contribution in [2.45, 2.75) is 52.1 Å². The molecule has 13 heavy (non-hydrogen) atoms. The van der Waals surface area contributed by atoms with Gasteiger partial charge in [0.05, 0.1) is 0 Å². The molecule has 0 fully saturated rings. The van der Waals surface area contributed by atoms with Crippen LogP contribution in [-0.4, -0.2) is 23.5 Å². The quantitative estimate of drug-likeness (QED) is 0.770. The second-order valence-electron chi connectivity index (χ2n) is 3.34. The minimum atomic E-state index is -0.641. The number of hydrogen-bond acceptors (Lipinski definition) is 2. The number of hydrogen-bond donors (Lipinski definition) is 1. The Morgan fingerprint density at radius 2 is 1.62 bits per heavy atom. The predicted molar refractivity (Wildman–Crippen MR) is 53.8 cm³/mol. The zero-order valence-corrected chi connectivity index (χ0v) is 11.1. The molecule has 0 unspecified atom stereocenters. The Hall–Kier alpha value is 0.903. The molecule has 0 aromatic rings. The van der Waals surface area contributed by atoms with Crippen LogP contribution in [0.3, 0.4) is 0 Å². The largest absolute Gasteiger partial charge is 0.384 e. The van der Waals surface area contributed by atoms with Gasteiger partial charge in [-0.1, -0.05) is 26.7 Å². The minimum absolute atomic E-state index is 0. The Balaban J connectivity index is 0. The predicted octanol–water partition coefficient (Wildman–Crippen LogP) is 2.41. The van der Waals surface area contributed by atoms with Crippen LogP contribution < -0.4 is 0 Å². The van der Waals surface area contributed by atoms with Crippen molar-refractivity contribution in [1.82, 2.24) is 0 Å². The molecule has 0 aliphatic rings. The summed E-state index contributed by atoms with van der Waals surface area (Å²) in [6.45, 7) is 6.08. The van der Waals surface area contributed by atoms with Crippen LogP contribution in [0.15, 0.2) is 4.99 Å². The van der Waals surface area contributed by atoms with E-state index in [0.717, 1.165) is 31.4 Å². The van der Waals surface area contributed by atoms with Gasteiger partial charge in [0.25, 0.3) is 0 Å². The van der Waals surface area contributed by atoms with Crippen molar-refractivity contribution in [2.75, 3.05) is 7.05 Å². The van der Waals surface area contributed by atoms with Crippen LogP contribution in [0.1, 0.15) is 46.5 Å². The molecule has 1 N–H and O–H groups in total. The molecule has 0 rings (SSSR count). The first-order chi connectivity index (χ1) is 5.60. The van der Waals surface area contributed by atoms with E-state index in [9.17, 15) is 5.11 Å². The molecule has 0 saturated heterocycles. The Bertz CT molecular complexity index is 151. The molecule has 0 aliphatic carbocycles. The van der Waals surface area contributed by atoms with E-state index in [2.05, 4.69) is 18.8 Å².